The van der Waals surface area contributed by atoms with Crippen LogP contribution >= 0.6 is 0 Å². The number of amides is 1. The summed E-state index contributed by atoms with van der Waals surface area (Å²) >= 11 is 0. The number of likely N-dealkylation sites (N-methyl/N-ethyl adjacent to an activating group) is 1. The topological polar surface area (TPSA) is 29.5 Å². The van der Waals surface area contributed by atoms with Crippen LogP contribution in [0, 0.1) is 13.8 Å². The van der Waals surface area contributed by atoms with Gasteiger partial charge in [0.15, 0.2) is 6.61 Å². The molecular weight excluding hydrogens is 274 g/mol. The van der Waals surface area contributed by atoms with Crippen LogP contribution in [0.4, 0.5) is 0 Å². The molecule has 0 bridgehead atoms. The number of rotatable bonds is 6. The fourth-order valence-electron chi connectivity index (χ4n) is 2.37. The van der Waals surface area contributed by atoms with E-state index in [1.54, 1.807) is 4.90 Å². The molecule has 1 amide bonds. The number of ether oxygens (including phenoxy) is 1. The van der Waals surface area contributed by atoms with E-state index >= 15 is 0 Å². The Bertz CT molecular complexity index is 623. The van der Waals surface area contributed by atoms with Crippen molar-refractivity contribution in [2.75, 3.05) is 13.2 Å². The lowest BCUT2D eigenvalue weighted by atomic mass is 10.1. The van der Waals surface area contributed by atoms with Crippen molar-refractivity contribution >= 4 is 5.91 Å². The number of carbonyl (C=O) groups is 1. The van der Waals surface area contributed by atoms with Crippen LogP contribution in [0.3, 0.4) is 0 Å². The molecule has 2 aromatic rings. The van der Waals surface area contributed by atoms with Gasteiger partial charge in [0.2, 0.25) is 0 Å². The molecule has 3 nitrogen and oxygen atoms in total. The maximum atomic E-state index is 12.3. The highest BCUT2D eigenvalue weighted by atomic mass is 16.5. The number of hydrogen-bond donors (Lipinski definition) is 0. The average Bonchev–Trinajstić information content (AvgIpc) is 2.52. The molecule has 0 unspecified atom stereocenters. The Balaban J connectivity index is 1.94. The lowest BCUT2D eigenvalue weighted by Gasteiger charge is -2.21. The first-order chi connectivity index (χ1) is 10.6. The molecular formula is C19H23NO2. The number of carbonyl (C=O) groups excluding carboxylic acids is 1. The van der Waals surface area contributed by atoms with Gasteiger partial charge in [0.25, 0.3) is 5.91 Å². The Morgan fingerprint density at radius 2 is 1.82 bits per heavy atom. The van der Waals surface area contributed by atoms with E-state index < -0.39 is 0 Å². The van der Waals surface area contributed by atoms with Gasteiger partial charge in [-0.15, -0.1) is 0 Å². The van der Waals surface area contributed by atoms with Crippen LogP contribution in [-0.2, 0) is 11.3 Å². The fourth-order valence-corrected chi connectivity index (χ4v) is 2.37. The molecule has 116 valence electrons. The Morgan fingerprint density at radius 3 is 2.45 bits per heavy atom. The first kappa shape index (κ1) is 16.1. The lowest BCUT2D eigenvalue weighted by Crippen LogP contribution is -2.34. The minimum atomic E-state index is 0.00586. The van der Waals surface area contributed by atoms with Crippen molar-refractivity contribution in [3.63, 3.8) is 0 Å². The quantitative estimate of drug-likeness (QED) is 0.813. The maximum absolute atomic E-state index is 12.3. The largest absolute Gasteiger partial charge is 0.484 e. The summed E-state index contributed by atoms with van der Waals surface area (Å²) in [7, 11) is 0. The van der Waals surface area contributed by atoms with Gasteiger partial charge in [-0.05, 0) is 38.0 Å². The van der Waals surface area contributed by atoms with Gasteiger partial charge in [0, 0.05) is 13.1 Å². The third-order valence-electron chi connectivity index (χ3n) is 3.63. The molecule has 0 aliphatic carbocycles. The van der Waals surface area contributed by atoms with E-state index in [4.69, 9.17) is 4.74 Å². The van der Waals surface area contributed by atoms with Gasteiger partial charge >= 0.3 is 0 Å². The predicted molar refractivity (Wildman–Crippen MR) is 88.9 cm³/mol. The Kier molecular flexibility index (Phi) is 5.59. The minimum absolute atomic E-state index is 0.00586. The van der Waals surface area contributed by atoms with Crippen LogP contribution in [-0.4, -0.2) is 24.0 Å². The highest BCUT2D eigenvalue weighted by molar-refractivity contribution is 5.77. The molecule has 0 saturated carbocycles. The number of benzene rings is 2. The van der Waals surface area contributed by atoms with Gasteiger partial charge in [-0.3, -0.25) is 4.79 Å². The first-order valence-electron chi connectivity index (χ1n) is 7.62. The molecule has 2 rings (SSSR count). The highest BCUT2D eigenvalue weighted by Gasteiger charge is 2.13. The smallest absolute Gasteiger partial charge is 0.260 e. The third-order valence-corrected chi connectivity index (χ3v) is 3.63. The first-order valence-corrected chi connectivity index (χ1v) is 7.62. The van der Waals surface area contributed by atoms with Crippen LogP contribution in [0.5, 0.6) is 5.75 Å². The van der Waals surface area contributed by atoms with E-state index in [0.717, 1.165) is 16.9 Å². The number of nitrogens with zero attached hydrogens (tertiary/aromatic N) is 1. The highest BCUT2D eigenvalue weighted by Crippen LogP contribution is 2.18. The van der Waals surface area contributed by atoms with Crippen LogP contribution in [0.1, 0.15) is 23.6 Å². The van der Waals surface area contributed by atoms with Crippen LogP contribution < -0.4 is 4.74 Å². The van der Waals surface area contributed by atoms with E-state index in [2.05, 4.69) is 6.07 Å². The zero-order valence-electron chi connectivity index (χ0n) is 13.5. The molecule has 0 N–H and O–H groups in total. The van der Waals surface area contributed by atoms with Crippen molar-refractivity contribution in [3.05, 3.63) is 65.2 Å². The summed E-state index contributed by atoms with van der Waals surface area (Å²) in [5, 5.41) is 0. The standard InChI is InChI=1S/C19H23NO2/c1-4-20(13-17-8-6-5-7-9-17)19(21)14-22-18-11-10-15(2)12-16(18)3/h5-12H,4,13-14H2,1-3H3. The van der Waals surface area contributed by atoms with Crippen LogP contribution in [0.2, 0.25) is 0 Å². The number of hydrogen-bond acceptors (Lipinski definition) is 2. The van der Waals surface area contributed by atoms with Crippen LogP contribution in [0.15, 0.2) is 48.5 Å². The monoisotopic (exact) mass is 297 g/mol. The maximum Gasteiger partial charge on any atom is 0.260 e. The molecule has 0 aliphatic heterocycles. The molecule has 0 aromatic heterocycles. The molecule has 0 saturated heterocycles. The minimum Gasteiger partial charge on any atom is -0.484 e. The molecule has 0 radical (unpaired) electrons. The summed E-state index contributed by atoms with van der Waals surface area (Å²) in [6, 6.07) is 16.0. The summed E-state index contributed by atoms with van der Waals surface area (Å²) in [4.78, 5) is 14.1. The van der Waals surface area contributed by atoms with Crippen molar-refractivity contribution in [3.8, 4) is 5.75 Å². The SMILES string of the molecule is CCN(Cc1ccccc1)C(=O)COc1ccc(C)cc1C. The molecule has 3 heteroatoms. The second-order valence-electron chi connectivity index (χ2n) is 5.45. The average molecular weight is 297 g/mol. The van der Waals surface area contributed by atoms with Gasteiger partial charge in [-0.1, -0.05) is 48.0 Å². The summed E-state index contributed by atoms with van der Waals surface area (Å²) in [6.45, 7) is 7.38. The molecule has 2 aromatic carbocycles. The molecule has 0 aliphatic rings. The van der Waals surface area contributed by atoms with Gasteiger partial charge in [-0.25, -0.2) is 0 Å². The summed E-state index contributed by atoms with van der Waals surface area (Å²) in [5.41, 5.74) is 3.37. The fraction of sp³-hybridized carbons (Fsp3) is 0.316. The van der Waals surface area contributed by atoms with Crippen molar-refractivity contribution in [1.29, 1.82) is 0 Å². The van der Waals surface area contributed by atoms with Crippen molar-refractivity contribution in [1.82, 2.24) is 4.90 Å². The van der Waals surface area contributed by atoms with Gasteiger partial charge in [0.1, 0.15) is 5.75 Å². The van der Waals surface area contributed by atoms with Crippen molar-refractivity contribution < 1.29 is 9.53 Å². The molecule has 0 heterocycles. The Labute approximate surface area is 132 Å². The second kappa shape index (κ2) is 7.64. The predicted octanol–water partition coefficient (Wildman–Crippen LogP) is 3.73. The summed E-state index contributed by atoms with van der Waals surface area (Å²) in [5.74, 6) is 0.779. The molecule has 22 heavy (non-hydrogen) atoms. The summed E-state index contributed by atoms with van der Waals surface area (Å²) < 4.78 is 5.68. The van der Waals surface area contributed by atoms with E-state index in [-0.39, 0.29) is 12.5 Å². The van der Waals surface area contributed by atoms with Gasteiger partial charge < -0.3 is 9.64 Å². The normalized spacial score (nSPS) is 10.3. The van der Waals surface area contributed by atoms with E-state index in [0.29, 0.717) is 13.1 Å². The summed E-state index contributed by atoms with van der Waals surface area (Å²) in [6.07, 6.45) is 0. The van der Waals surface area contributed by atoms with E-state index in [1.165, 1.54) is 5.56 Å². The second-order valence-corrected chi connectivity index (χ2v) is 5.45. The lowest BCUT2D eigenvalue weighted by molar-refractivity contribution is -0.133. The van der Waals surface area contributed by atoms with Crippen molar-refractivity contribution in [2.45, 2.75) is 27.3 Å². The van der Waals surface area contributed by atoms with Gasteiger partial charge in [0.05, 0.1) is 0 Å². The van der Waals surface area contributed by atoms with Gasteiger partial charge in [-0.2, -0.15) is 0 Å². The Hall–Kier alpha value is -2.29. The van der Waals surface area contributed by atoms with Crippen LogP contribution in [0.25, 0.3) is 0 Å². The zero-order chi connectivity index (χ0) is 15.9. The third kappa shape index (κ3) is 4.35. The molecule has 0 fully saturated rings. The Morgan fingerprint density at radius 1 is 1.09 bits per heavy atom. The van der Waals surface area contributed by atoms with Crippen molar-refractivity contribution in [2.24, 2.45) is 0 Å². The van der Waals surface area contributed by atoms with E-state index in [1.807, 2.05) is 63.2 Å². The molecule has 0 atom stereocenters. The number of aryl methyl sites for hydroxylation is 2. The zero-order valence-corrected chi connectivity index (χ0v) is 13.5. The molecule has 0 spiro atoms. The van der Waals surface area contributed by atoms with E-state index in [9.17, 15) is 4.79 Å².